The van der Waals surface area contributed by atoms with E-state index in [1.807, 2.05) is 6.92 Å². The number of anilines is 1. The van der Waals surface area contributed by atoms with Crippen molar-refractivity contribution in [1.29, 1.82) is 0 Å². The van der Waals surface area contributed by atoms with Crippen LogP contribution in [0.15, 0.2) is 48.5 Å². The number of imide groups is 1. The van der Waals surface area contributed by atoms with Gasteiger partial charge in [-0.3, -0.25) is 19.3 Å². The van der Waals surface area contributed by atoms with Crippen LogP contribution < -0.4 is 5.32 Å². The molecule has 0 fully saturated rings. The molecule has 1 heterocycles. The predicted molar refractivity (Wildman–Crippen MR) is 111 cm³/mol. The minimum Gasteiger partial charge on any atom is -0.454 e. The van der Waals surface area contributed by atoms with Gasteiger partial charge in [0.2, 0.25) is 0 Å². The Bertz CT molecular complexity index is 956. The summed E-state index contributed by atoms with van der Waals surface area (Å²) in [6.45, 7) is 1.39. The van der Waals surface area contributed by atoms with Gasteiger partial charge >= 0.3 is 5.97 Å². The molecule has 0 radical (unpaired) electrons. The molecule has 0 spiro atoms. The number of hydrogen-bond acceptors (Lipinski definition) is 5. The van der Waals surface area contributed by atoms with Crippen molar-refractivity contribution in [2.45, 2.75) is 32.2 Å². The normalized spacial score (nSPS) is 13.7. The molecule has 1 aliphatic rings. The number of carbonyl (C=O) groups excluding carboxylic acids is 4. The van der Waals surface area contributed by atoms with E-state index in [1.165, 1.54) is 0 Å². The number of amides is 3. The summed E-state index contributed by atoms with van der Waals surface area (Å²) in [4.78, 5) is 51.2. The lowest BCUT2D eigenvalue weighted by Crippen LogP contribution is -2.46. The summed E-state index contributed by atoms with van der Waals surface area (Å²) in [5.74, 6) is -2.41. The lowest BCUT2D eigenvalue weighted by Gasteiger charge is -2.24. The van der Waals surface area contributed by atoms with Crippen LogP contribution in [0.1, 0.15) is 46.9 Å². The molecule has 0 saturated heterocycles. The molecule has 0 aromatic heterocycles. The third-order valence-electron chi connectivity index (χ3n) is 4.69. The predicted octanol–water partition coefficient (Wildman–Crippen LogP) is 3.68. The van der Waals surface area contributed by atoms with E-state index < -0.39 is 36.3 Å². The first-order valence-electron chi connectivity index (χ1n) is 9.61. The lowest BCUT2D eigenvalue weighted by molar-refractivity contribution is -0.151. The summed E-state index contributed by atoms with van der Waals surface area (Å²) in [6.07, 6.45) is 1.64. The molecule has 1 atom stereocenters. The fourth-order valence-electron chi connectivity index (χ4n) is 3.24. The van der Waals surface area contributed by atoms with E-state index in [9.17, 15) is 19.2 Å². The fourth-order valence-corrected chi connectivity index (χ4v) is 3.43. The van der Waals surface area contributed by atoms with Gasteiger partial charge in [-0.15, -0.1) is 0 Å². The number of esters is 1. The Morgan fingerprint density at radius 2 is 1.73 bits per heavy atom. The highest BCUT2D eigenvalue weighted by atomic mass is 35.5. The largest absolute Gasteiger partial charge is 0.454 e. The van der Waals surface area contributed by atoms with Crippen LogP contribution in [-0.4, -0.2) is 41.2 Å². The van der Waals surface area contributed by atoms with Crippen LogP contribution in [0.5, 0.6) is 0 Å². The second-order valence-corrected chi connectivity index (χ2v) is 7.29. The third kappa shape index (κ3) is 4.68. The summed E-state index contributed by atoms with van der Waals surface area (Å²) in [7, 11) is 0. The van der Waals surface area contributed by atoms with Crippen LogP contribution in [0.3, 0.4) is 0 Å². The maximum absolute atomic E-state index is 12.7. The van der Waals surface area contributed by atoms with Crippen LogP contribution in [0.2, 0.25) is 5.02 Å². The first-order valence-corrected chi connectivity index (χ1v) is 9.99. The number of benzene rings is 2. The molecule has 156 valence electrons. The van der Waals surface area contributed by atoms with Crippen molar-refractivity contribution in [2.24, 2.45) is 0 Å². The van der Waals surface area contributed by atoms with E-state index >= 15 is 0 Å². The average molecular weight is 429 g/mol. The van der Waals surface area contributed by atoms with Crippen molar-refractivity contribution in [3.8, 4) is 0 Å². The van der Waals surface area contributed by atoms with Crippen molar-refractivity contribution in [1.82, 2.24) is 4.90 Å². The van der Waals surface area contributed by atoms with E-state index in [0.717, 1.165) is 11.3 Å². The molecule has 0 saturated carbocycles. The van der Waals surface area contributed by atoms with Gasteiger partial charge in [-0.05, 0) is 36.8 Å². The number of fused-ring (bicyclic) bond motifs is 1. The zero-order valence-corrected chi connectivity index (χ0v) is 17.1. The lowest BCUT2D eigenvalue weighted by atomic mass is 10.1. The summed E-state index contributed by atoms with van der Waals surface area (Å²) in [5.41, 5.74) is 0.984. The number of nitrogens with one attached hydrogen (secondary N) is 1. The van der Waals surface area contributed by atoms with Crippen molar-refractivity contribution < 1.29 is 23.9 Å². The van der Waals surface area contributed by atoms with Crippen LogP contribution >= 0.6 is 11.6 Å². The third-order valence-corrected chi connectivity index (χ3v) is 4.93. The Labute approximate surface area is 179 Å². The zero-order chi connectivity index (χ0) is 21.7. The van der Waals surface area contributed by atoms with Crippen LogP contribution in [-0.2, 0) is 14.3 Å². The Kier molecular flexibility index (Phi) is 6.84. The SMILES string of the molecule is CCCC[C@H](C(=O)OCC(=O)Nc1cccc(Cl)c1)N1C(=O)c2ccccc2C1=O. The molecule has 0 aliphatic carbocycles. The Hall–Kier alpha value is -3.19. The Morgan fingerprint density at radius 3 is 2.33 bits per heavy atom. The van der Waals surface area contributed by atoms with Gasteiger partial charge in [-0.2, -0.15) is 0 Å². The van der Waals surface area contributed by atoms with Gasteiger partial charge in [0.1, 0.15) is 6.04 Å². The van der Waals surface area contributed by atoms with Gasteiger partial charge in [0.15, 0.2) is 6.61 Å². The molecule has 3 amide bonds. The quantitative estimate of drug-likeness (QED) is 0.511. The van der Waals surface area contributed by atoms with Crippen molar-refractivity contribution >= 4 is 41.0 Å². The van der Waals surface area contributed by atoms with E-state index in [0.29, 0.717) is 17.1 Å². The van der Waals surface area contributed by atoms with Crippen molar-refractivity contribution in [3.05, 3.63) is 64.7 Å². The molecule has 1 aliphatic heterocycles. The monoisotopic (exact) mass is 428 g/mol. The summed E-state index contributed by atoms with van der Waals surface area (Å²) in [5, 5.41) is 3.03. The molecule has 7 nitrogen and oxygen atoms in total. The summed E-state index contributed by atoms with van der Waals surface area (Å²) < 4.78 is 5.14. The molecule has 3 rings (SSSR count). The highest BCUT2D eigenvalue weighted by Gasteiger charge is 2.43. The highest BCUT2D eigenvalue weighted by molar-refractivity contribution is 6.30. The van der Waals surface area contributed by atoms with Crippen molar-refractivity contribution in [3.63, 3.8) is 0 Å². The maximum atomic E-state index is 12.7. The summed E-state index contributed by atoms with van der Waals surface area (Å²) >= 11 is 5.88. The van der Waals surface area contributed by atoms with E-state index in [1.54, 1.807) is 48.5 Å². The van der Waals surface area contributed by atoms with Crippen LogP contribution in [0.4, 0.5) is 5.69 Å². The van der Waals surface area contributed by atoms with Gasteiger partial charge in [0, 0.05) is 10.7 Å². The molecule has 1 N–H and O–H groups in total. The number of halogens is 1. The standard InChI is InChI=1S/C22H21ClN2O5/c1-2-3-11-18(25-20(27)16-9-4-5-10-17(16)21(25)28)22(29)30-13-19(26)24-15-8-6-7-14(23)12-15/h4-10,12,18H,2-3,11,13H2,1H3,(H,24,26)/t18-/m1/s1. The van der Waals surface area contributed by atoms with Crippen LogP contribution in [0.25, 0.3) is 0 Å². The topological polar surface area (TPSA) is 92.8 Å². The number of hydrogen-bond donors (Lipinski definition) is 1. The van der Waals surface area contributed by atoms with Gasteiger partial charge in [0.05, 0.1) is 11.1 Å². The number of nitrogens with zero attached hydrogens (tertiary/aromatic N) is 1. The molecule has 0 unspecified atom stereocenters. The van der Waals surface area contributed by atoms with Gasteiger partial charge < -0.3 is 10.1 Å². The minimum atomic E-state index is -1.09. The molecule has 2 aromatic rings. The van der Waals surface area contributed by atoms with E-state index in [4.69, 9.17) is 16.3 Å². The van der Waals surface area contributed by atoms with E-state index in [2.05, 4.69) is 5.32 Å². The molecule has 8 heteroatoms. The number of carbonyl (C=O) groups is 4. The van der Waals surface area contributed by atoms with Crippen molar-refractivity contribution in [2.75, 3.05) is 11.9 Å². The zero-order valence-electron chi connectivity index (χ0n) is 16.4. The molecular weight excluding hydrogens is 408 g/mol. The smallest absolute Gasteiger partial charge is 0.329 e. The average Bonchev–Trinajstić information content (AvgIpc) is 2.98. The number of unbranched alkanes of at least 4 members (excludes halogenated alkanes) is 1. The highest BCUT2D eigenvalue weighted by Crippen LogP contribution is 2.27. The maximum Gasteiger partial charge on any atom is 0.329 e. The first kappa shape index (κ1) is 21.5. The second kappa shape index (κ2) is 9.54. The fraction of sp³-hybridized carbons (Fsp3) is 0.273. The van der Waals surface area contributed by atoms with Gasteiger partial charge in [-0.1, -0.05) is 49.6 Å². The number of ether oxygens (including phenoxy) is 1. The Balaban J connectivity index is 1.68. The molecule has 30 heavy (non-hydrogen) atoms. The second-order valence-electron chi connectivity index (χ2n) is 6.85. The molecule has 2 aromatic carbocycles. The first-order chi connectivity index (χ1) is 14.4. The van der Waals surface area contributed by atoms with Gasteiger partial charge in [0.25, 0.3) is 17.7 Å². The minimum absolute atomic E-state index is 0.260. The molecular formula is C22H21ClN2O5. The van der Waals surface area contributed by atoms with Gasteiger partial charge in [-0.25, -0.2) is 4.79 Å². The summed E-state index contributed by atoms with van der Waals surface area (Å²) in [6, 6.07) is 11.9. The van der Waals surface area contributed by atoms with Crippen LogP contribution in [0, 0.1) is 0 Å². The Morgan fingerprint density at radius 1 is 1.07 bits per heavy atom. The van der Waals surface area contributed by atoms with E-state index in [-0.39, 0.29) is 17.5 Å². The molecule has 0 bridgehead atoms. The number of rotatable bonds is 8.